The summed E-state index contributed by atoms with van der Waals surface area (Å²) < 4.78 is 37.5. The number of alkyl halides is 4. The van der Waals surface area contributed by atoms with Crippen LogP contribution in [0.2, 0.25) is 0 Å². The number of hydrogen-bond donors (Lipinski definition) is 0. The zero-order chi connectivity index (χ0) is 12.2. The fraction of sp³-hybridized carbons (Fsp3) is 0.444. The summed E-state index contributed by atoms with van der Waals surface area (Å²) in [5.74, 6) is 0.361. The van der Waals surface area contributed by atoms with E-state index in [1.807, 2.05) is 0 Å². The number of halogens is 5. The average Bonchev–Trinajstić information content (AvgIpc) is 2.16. The molecular weight excluding hydrogens is 308 g/mol. The smallest absolute Gasteiger partial charge is 0.345 e. The van der Waals surface area contributed by atoms with Crippen molar-refractivity contribution in [1.29, 1.82) is 0 Å². The van der Waals surface area contributed by atoms with Crippen molar-refractivity contribution in [2.24, 2.45) is 0 Å². The van der Waals surface area contributed by atoms with Gasteiger partial charge in [0.15, 0.2) is 0 Å². The molecule has 0 atom stereocenters. The molecule has 0 aliphatic carbocycles. The van der Waals surface area contributed by atoms with Gasteiger partial charge in [0.05, 0.1) is 4.47 Å². The minimum Gasteiger partial charge on any atom is -0.345 e. The first-order chi connectivity index (χ1) is 7.44. The van der Waals surface area contributed by atoms with Crippen molar-refractivity contribution >= 4 is 33.3 Å². The molecule has 90 valence electrons. The molecular formula is C9H9BrClF3N2. The number of hydrogen-bond acceptors (Lipinski definition) is 2. The molecule has 0 amide bonds. The summed E-state index contributed by atoms with van der Waals surface area (Å²) >= 11 is 8.64. The molecule has 0 fully saturated rings. The summed E-state index contributed by atoms with van der Waals surface area (Å²) in [6.45, 7) is -0.966. The van der Waals surface area contributed by atoms with Crippen LogP contribution in [-0.2, 0) is 0 Å². The predicted octanol–water partition coefficient (Wildman–Crippen LogP) is 3.45. The summed E-state index contributed by atoms with van der Waals surface area (Å²) in [4.78, 5) is 5.00. The third kappa shape index (κ3) is 4.17. The molecule has 0 aliphatic rings. The zero-order valence-electron chi connectivity index (χ0n) is 8.14. The molecule has 0 saturated heterocycles. The van der Waals surface area contributed by atoms with Crippen LogP contribution in [-0.4, -0.2) is 30.1 Å². The van der Waals surface area contributed by atoms with E-state index in [0.29, 0.717) is 4.47 Å². The maximum absolute atomic E-state index is 12.3. The first-order valence-corrected chi connectivity index (χ1v) is 5.75. The van der Waals surface area contributed by atoms with E-state index in [9.17, 15) is 13.2 Å². The van der Waals surface area contributed by atoms with E-state index in [4.69, 9.17) is 11.6 Å². The fourth-order valence-electron chi connectivity index (χ4n) is 1.19. The van der Waals surface area contributed by atoms with Gasteiger partial charge in [0.1, 0.15) is 12.4 Å². The van der Waals surface area contributed by atoms with Crippen LogP contribution in [0.5, 0.6) is 0 Å². The molecule has 16 heavy (non-hydrogen) atoms. The second kappa shape index (κ2) is 5.72. The number of rotatable bonds is 4. The normalized spacial score (nSPS) is 11.6. The van der Waals surface area contributed by atoms with Gasteiger partial charge in [-0.25, -0.2) is 4.98 Å². The lowest BCUT2D eigenvalue weighted by Gasteiger charge is -2.24. The Hall–Kier alpha value is -0.490. The lowest BCUT2D eigenvalue weighted by molar-refractivity contribution is -0.119. The maximum Gasteiger partial charge on any atom is 0.405 e. The van der Waals surface area contributed by atoms with E-state index in [1.165, 1.54) is 6.20 Å². The molecule has 7 heteroatoms. The van der Waals surface area contributed by atoms with Gasteiger partial charge < -0.3 is 4.90 Å². The molecule has 0 saturated carbocycles. The van der Waals surface area contributed by atoms with E-state index in [2.05, 4.69) is 20.9 Å². The van der Waals surface area contributed by atoms with Gasteiger partial charge in [-0.3, -0.25) is 0 Å². The van der Waals surface area contributed by atoms with E-state index in [-0.39, 0.29) is 18.2 Å². The van der Waals surface area contributed by atoms with Gasteiger partial charge in [-0.05, 0) is 28.1 Å². The van der Waals surface area contributed by atoms with Crippen molar-refractivity contribution in [3.05, 3.63) is 22.8 Å². The summed E-state index contributed by atoms with van der Waals surface area (Å²) in [7, 11) is 0. The van der Waals surface area contributed by atoms with Gasteiger partial charge in [0.2, 0.25) is 0 Å². The van der Waals surface area contributed by atoms with Gasteiger partial charge in [0, 0.05) is 18.6 Å². The third-order valence-corrected chi connectivity index (χ3v) is 2.55. The van der Waals surface area contributed by atoms with Crippen LogP contribution in [0.3, 0.4) is 0 Å². The first-order valence-electron chi connectivity index (χ1n) is 4.42. The average molecular weight is 318 g/mol. The van der Waals surface area contributed by atoms with Crippen molar-refractivity contribution in [3.63, 3.8) is 0 Å². The number of pyridine rings is 1. The first kappa shape index (κ1) is 13.6. The highest BCUT2D eigenvalue weighted by molar-refractivity contribution is 9.10. The summed E-state index contributed by atoms with van der Waals surface area (Å²) in [5.41, 5.74) is 0. The van der Waals surface area contributed by atoms with Gasteiger partial charge in [0.25, 0.3) is 0 Å². The Labute approximate surface area is 105 Å². The van der Waals surface area contributed by atoms with Crippen LogP contribution < -0.4 is 4.90 Å². The second-order valence-electron chi connectivity index (χ2n) is 3.03. The standard InChI is InChI=1S/C9H9BrClF3N2/c10-7-2-1-4-15-8(7)16(5-3-11)6-9(12,13)14/h1-2,4H,3,5-6H2. The molecule has 1 aromatic heterocycles. The van der Waals surface area contributed by atoms with Crippen molar-refractivity contribution in [3.8, 4) is 0 Å². The Balaban J connectivity index is 2.89. The molecule has 0 unspecified atom stereocenters. The zero-order valence-corrected chi connectivity index (χ0v) is 10.5. The maximum atomic E-state index is 12.3. The van der Waals surface area contributed by atoms with Gasteiger partial charge in [-0.15, -0.1) is 11.6 Å². The summed E-state index contributed by atoms with van der Waals surface area (Å²) in [5, 5.41) is 0. The van der Waals surface area contributed by atoms with Gasteiger partial charge in [-0.1, -0.05) is 0 Å². The number of nitrogens with zero attached hydrogens (tertiary/aromatic N) is 2. The van der Waals surface area contributed by atoms with E-state index < -0.39 is 12.7 Å². The lowest BCUT2D eigenvalue weighted by atomic mass is 10.4. The molecule has 0 radical (unpaired) electrons. The van der Waals surface area contributed by atoms with Crippen molar-refractivity contribution in [2.75, 3.05) is 23.9 Å². The summed E-state index contributed by atoms with van der Waals surface area (Å²) in [6.07, 6.45) is -2.83. The Morgan fingerprint density at radius 2 is 2.12 bits per heavy atom. The number of aromatic nitrogens is 1. The molecule has 0 bridgehead atoms. The fourth-order valence-corrected chi connectivity index (χ4v) is 1.90. The highest BCUT2D eigenvalue weighted by atomic mass is 79.9. The minimum atomic E-state index is -4.27. The molecule has 0 aliphatic heterocycles. The molecule has 0 aromatic carbocycles. The van der Waals surface area contributed by atoms with Crippen molar-refractivity contribution < 1.29 is 13.2 Å². The summed E-state index contributed by atoms with van der Waals surface area (Å²) in [6, 6.07) is 3.28. The van der Waals surface area contributed by atoms with E-state index >= 15 is 0 Å². The third-order valence-electron chi connectivity index (χ3n) is 1.76. The quantitative estimate of drug-likeness (QED) is 0.791. The Bertz CT molecular complexity index is 346. The van der Waals surface area contributed by atoms with Crippen molar-refractivity contribution in [2.45, 2.75) is 6.18 Å². The topological polar surface area (TPSA) is 16.1 Å². The van der Waals surface area contributed by atoms with Crippen LogP contribution in [0.4, 0.5) is 19.0 Å². The molecule has 2 nitrogen and oxygen atoms in total. The molecule has 1 rings (SSSR count). The second-order valence-corrected chi connectivity index (χ2v) is 4.27. The minimum absolute atomic E-state index is 0.0939. The Morgan fingerprint density at radius 3 is 2.62 bits per heavy atom. The molecule has 1 aromatic rings. The highest BCUT2D eigenvalue weighted by Gasteiger charge is 2.31. The van der Waals surface area contributed by atoms with Crippen LogP contribution in [0.25, 0.3) is 0 Å². The van der Waals surface area contributed by atoms with Gasteiger partial charge >= 0.3 is 6.18 Å². The van der Waals surface area contributed by atoms with Crippen LogP contribution in [0.15, 0.2) is 22.8 Å². The molecule has 1 heterocycles. The predicted molar refractivity (Wildman–Crippen MR) is 60.9 cm³/mol. The molecule has 0 spiro atoms. The van der Waals surface area contributed by atoms with Crippen LogP contribution in [0, 0.1) is 0 Å². The van der Waals surface area contributed by atoms with Gasteiger partial charge in [-0.2, -0.15) is 13.2 Å². The highest BCUT2D eigenvalue weighted by Crippen LogP contribution is 2.26. The lowest BCUT2D eigenvalue weighted by Crippen LogP contribution is -2.36. The van der Waals surface area contributed by atoms with Crippen molar-refractivity contribution in [1.82, 2.24) is 4.98 Å². The number of anilines is 1. The Morgan fingerprint density at radius 1 is 1.44 bits per heavy atom. The van der Waals surface area contributed by atoms with Crippen LogP contribution >= 0.6 is 27.5 Å². The van der Waals surface area contributed by atoms with E-state index in [1.54, 1.807) is 12.1 Å². The Kier molecular flexibility index (Phi) is 4.86. The largest absolute Gasteiger partial charge is 0.405 e. The van der Waals surface area contributed by atoms with Crippen LogP contribution in [0.1, 0.15) is 0 Å². The van der Waals surface area contributed by atoms with E-state index in [0.717, 1.165) is 4.90 Å². The SMILES string of the molecule is FC(F)(F)CN(CCCl)c1ncccc1Br. The monoisotopic (exact) mass is 316 g/mol. The molecule has 0 N–H and O–H groups in total.